The highest BCUT2D eigenvalue weighted by Crippen LogP contribution is 2.30. The third-order valence-corrected chi connectivity index (χ3v) is 7.79. The highest BCUT2D eigenvalue weighted by Gasteiger charge is 2.19. The van der Waals surface area contributed by atoms with Crippen molar-refractivity contribution in [2.75, 3.05) is 11.1 Å². The zero-order chi connectivity index (χ0) is 25.1. The smallest absolute Gasteiger partial charge is 0.236 e. The van der Waals surface area contributed by atoms with Crippen LogP contribution in [-0.4, -0.2) is 31.4 Å². The van der Waals surface area contributed by atoms with Gasteiger partial charge in [-0.2, -0.15) is 0 Å². The van der Waals surface area contributed by atoms with Gasteiger partial charge in [0.05, 0.1) is 22.1 Å². The number of hydrogen-bond acceptors (Lipinski definition) is 7. The second-order valence-electron chi connectivity index (χ2n) is 7.49. The van der Waals surface area contributed by atoms with Crippen molar-refractivity contribution in [1.82, 2.24) is 19.7 Å². The maximum atomic E-state index is 12.7. The lowest BCUT2D eigenvalue weighted by Gasteiger charge is -2.09. The number of furan rings is 1. The lowest BCUT2D eigenvalue weighted by molar-refractivity contribution is -0.113. The van der Waals surface area contributed by atoms with Crippen LogP contribution in [0, 0.1) is 0 Å². The first-order chi connectivity index (χ1) is 17.5. The van der Waals surface area contributed by atoms with E-state index in [0.717, 1.165) is 16.1 Å². The van der Waals surface area contributed by atoms with Gasteiger partial charge in [0.25, 0.3) is 0 Å². The first kappa shape index (κ1) is 24.9. The molecule has 0 unspecified atom stereocenters. The molecule has 0 bridgehead atoms. The van der Waals surface area contributed by atoms with E-state index in [1.54, 1.807) is 42.8 Å². The zero-order valence-electron chi connectivity index (χ0n) is 18.3. The van der Waals surface area contributed by atoms with Crippen molar-refractivity contribution in [3.8, 4) is 17.3 Å². The van der Waals surface area contributed by atoms with Crippen molar-refractivity contribution in [2.45, 2.75) is 11.6 Å². The fourth-order valence-corrected chi connectivity index (χ4v) is 5.40. The van der Waals surface area contributed by atoms with E-state index in [4.69, 9.17) is 39.2 Å². The molecule has 0 atom stereocenters. The van der Waals surface area contributed by atoms with E-state index < -0.39 is 0 Å². The third-order valence-electron chi connectivity index (χ3n) is 4.95. The number of aromatic nitrogens is 4. The van der Waals surface area contributed by atoms with Gasteiger partial charge in [0.2, 0.25) is 11.7 Å². The van der Waals surface area contributed by atoms with Crippen LogP contribution in [0.4, 0.5) is 5.13 Å². The molecule has 1 amide bonds. The molecule has 5 aromatic rings. The molecular formula is C24H16Cl3N5O2S2. The van der Waals surface area contributed by atoms with Crippen LogP contribution >= 0.6 is 57.9 Å². The predicted octanol–water partition coefficient (Wildman–Crippen LogP) is 7.27. The number of nitrogens with one attached hydrogen (secondary N) is 1. The molecule has 36 heavy (non-hydrogen) atoms. The second-order valence-corrected chi connectivity index (χ2v) is 10.8. The molecule has 0 saturated carbocycles. The van der Waals surface area contributed by atoms with Gasteiger partial charge in [0, 0.05) is 28.2 Å². The number of rotatable bonds is 8. The predicted molar refractivity (Wildman–Crippen MR) is 145 cm³/mol. The molecule has 5 rings (SSSR count). The van der Waals surface area contributed by atoms with Crippen LogP contribution in [0.2, 0.25) is 15.1 Å². The second kappa shape index (κ2) is 11.1. The quantitative estimate of drug-likeness (QED) is 0.196. The number of benzene rings is 2. The molecule has 0 radical (unpaired) electrons. The van der Waals surface area contributed by atoms with Crippen LogP contribution in [-0.2, 0) is 11.2 Å². The van der Waals surface area contributed by atoms with Gasteiger partial charge in [-0.3, -0.25) is 9.36 Å². The summed E-state index contributed by atoms with van der Waals surface area (Å²) >= 11 is 20.8. The molecule has 3 heterocycles. The Labute approximate surface area is 229 Å². The largest absolute Gasteiger partial charge is 0.461 e. The summed E-state index contributed by atoms with van der Waals surface area (Å²) in [7, 11) is 0. The third kappa shape index (κ3) is 5.77. The van der Waals surface area contributed by atoms with Crippen molar-refractivity contribution in [2.24, 2.45) is 0 Å². The highest BCUT2D eigenvalue weighted by molar-refractivity contribution is 7.99. The maximum Gasteiger partial charge on any atom is 0.236 e. The van der Waals surface area contributed by atoms with E-state index in [0.29, 0.717) is 43.4 Å². The van der Waals surface area contributed by atoms with Crippen molar-refractivity contribution >= 4 is 68.9 Å². The molecule has 0 fully saturated rings. The minimum Gasteiger partial charge on any atom is -0.461 e. The van der Waals surface area contributed by atoms with Gasteiger partial charge in [-0.1, -0.05) is 52.6 Å². The average molecular weight is 577 g/mol. The number of carbonyl (C=O) groups is 1. The molecule has 12 heteroatoms. The number of anilines is 1. The summed E-state index contributed by atoms with van der Waals surface area (Å²) in [5.74, 6) is 0.995. The minimum atomic E-state index is -0.208. The summed E-state index contributed by atoms with van der Waals surface area (Å²) in [6.45, 7) is 0. The van der Waals surface area contributed by atoms with Gasteiger partial charge in [-0.25, -0.2) is 4.98 Å². The molecule has 0 aliphatic carbocycles. The summed E-state index contributed by atoms with van der Waals surface area (Å²) in [6, 6.07) is 16.4. The van der Waals surface area contributed by atoms with E-state index in [1.807, 2.05) is 28.8 Å². The van der Waals surface area contributed by atoms with Crippen LogP contribution in [0.5, 0.6) is 0 Å². The number of hydrogen-bond donors (Lipinski definition) is 1. The Kier molecular flexibility index (Phi) is 7.64. The minimum absolute atomic E-state index is 0.117. The van der Waals surface area contributed by atoms with Gasteiger partial charge in [0.15, 0.2) is 16.0 Å². The maximum absolute atomic E-state index is 12.7. The molecule has 0 spiro atoms. The molecule has 7 nitrogen and oxygen atoms in total. The Balaban J connectivity index is 1.26. The van der Waals surface area contributed by atoms with Gasteiger partial charge < -0.3 is 9.73 Å². The first-order valence-corrected chi connectivity index (χ1v) is 13.5. The van der Waals surface area contributed by atoms with E-state index in [-0.39, 0.29) is 11.7 Å². The fourth-order valence-electron chi connectivity index (χ4n) is 3.33. The summed E-state index contributed by atoms with van der Waals surface area (Å²) < 4.78 is 7.35. The number of thioether (sulfide) groups is 1. The molecule has 0 saturated heterocycles. The zero-order valence-corrected chi connectivity index (χ0v) is 22.2. The van der Waals surface area contributed by atoms with Crippen LogP contribution in [0.15, 0.2) is 76.6 Å². The number of carbonyl (C=O) groups excluding carboxylic acids is 1. The van der Waals surface area contributed by atoms with E-state index >= 15 is 0 Å². The molecule has 1 N–H and O–H groups in total. The Bertz CT molecular complexity index is 1500. The first-order valence-electron chi connectivity index (χ1n) is 10.5. The Morgan fingerprint density at radius 3 is 2.64 bits per heavy atom. The van der Waals surface area contributed by atoms with Crippen LogP contribution in [0.3, 0.4) is 0 Å². The standard InChI is InChI=1S/C24H16Cl3N5O2S2/c25-15-4-6-16(7-5-15)32-22(20-2-1-9-34-20)30-31-24(32)35-13-21(33)29-23-28-12-17(36-23)10-14-3-8-18(26)19(27)11-14/h1-9,11-12H,10,13H2,(H,28,29,33). The number of thiazole rings is 1. The summed E-state index contributed by atoms with van der Waals surface area (Å²) in [5.41, 5.74) is 1.81. The highest BCUT2D eigenvalue weighted by atomic mass is 35.5. The Morgan fingerprint density at radius 1 is 1.06 bits per heavy atom. The molecule has 2 aromatic carbocycles. The van der Waals surface area contributed by atoms with Crippen LogP contribution in [0.1, 0.15) is 10.4 Å². The fraction of sp³-hybridized carbons (Fsp3) is 0.0833. The van der Waals surface area contributed by atoms with Crippen molar-refractivity contribution in [3.63, 3.8) is 0 Å². The Morgan fingerprint density at radius 2 is 1.89 bits per heavy atom. The van der Waals surface area contributed by atoms with Crippen molar-refractivity contribution < 1.29 is 9.21 Å². The van der Waals surface area contributed by atoms with Crippen molar-refractivity contribution in [1.29, 1.82) is 0 Å². The average Bonchev–Trinajstić information content (AvgIpc) is 3.62. The van der Waals surface area contributed by atoms with Gasteiger partial charge in [0.1, 0.15) is 0 Å². The molecule has 0 aliphatic heterocycles. The number of nitrogens with zero attached hydrogens (tertiary/aromatic N) is 4. The SMILES string of the molecule is O=C(CSc1nnc(-c2ccco2)n1-c1ccc(Cl)cc1)Nc1ncc(Cc2ccc(Cl)c(Cl)c2)s1. The van der Waals surface area contributed by atoms with Gasteiger partial charge >= 0.3 is 0 Å². The topological polar surface area (TPSA) is 85.8 Å². The van der Waals surface area contributed by atoms with Gasteiger partial charge in [-0.05, 0) is 54.1 Å². The van der Waals surface area contributed by atoms with Crippen LogP contribution < -0.4 is 5.32 Å². The van der Waals surface area contributed by atoms with Crippen LogP contribution in [0.25, 0.3) is 17.3 Å². The molecule has 0 aliphatic rings. The van der Waals surface area contributed by atoms with Crippen molar-refractivity contribution in [3.05, 3.63) is 92.6 Å². The van der Waals surface area contributed by atoms with E-state index in [9.17, 15) is 4.79 Å². The summed E-state index contributed by atoms with van der Waals surface area (Å²) in [6.07, 6.45) is 3.95. The summed E-state index contributed by atoms with van der Waals surface area (Å²) in [4.78, 5) is 18.0. The molecule has 182 valence electrons. The number of halogens is 3. The summed E-state index contributed by atoms with van der Waals surface area (Å²) in [5, 5.41) is 14.1. The van der Waals surface area contributed by atoms with Gasteiger partial charge in [-0.15, -0.1) is 21.5 Å². The normalized spacial score (nSPS) is 11.1. The lowest BCUT2D eigenvalue weighted by atomic mass is 10.1. The van der Waals surface area contributed by atoms with E-state index in [1.165, 1.54) is 23.1 Å². The van der Waals surface area contributed by atoms with E-state index in [2.05, 4.69) is 20.5 Å². The number of amides is 1. The monoisotopic (exact) mass is 575 g/mol. The lowest BCUT2D eigenvalue weighted by Crippen LogP contribution is -2.14. The molecular weight excluding hydrogens is 561 g/mol. The Hall–Kier alpha value is -2.82. The molecule has 3 aromatic heterocycles.